The third kappa shape index (κ3) is 8.75. The molecule has 2 N–H and O–H groups in total. The second-order valence-electron chi connectivity index (χ2n) is 6.48. The van der Waals surface area contributed by atoms with E-state index < -0.39 is 12.1 Å². The van der Waals surface area contributed by atoms with Crippen molar-refractivity contribution in [3.63, 3.8) is 0 Å². The van der Waals surface area contributed by atoms with E-state index in [2.05, 4.69) is 18.8 Å². The van der Waals surface area contributed by atoms with E-state index in [-0.39, 0.29) is 11.7 Å². The highest BCUT2D eigenvalue weighted by molar-refractivity contribution is 7.99. The molecule has 0 aromatic heterocycles. The first-order valence-electron chi connectivity index (χ1n) is 9.03. The zero-order valence-electron chi connectivity index (χ0n) is 14.6. The van der Waals surface area contributed by atoms with Crippen molar-refractivity contribution in [2.24, 2.45) is 11.8 Å². The van der Waals surface area contributed by atoms with Crippen LogP contribution in [0.15, 0.2) is 0 Å². The Kier molecular flexibility index (Phi) is 10.9. The number of aliphatic hydroxyl groups excluding tert-OH is 1. The lowest BCUT2D eigenvalue weighted by molar-refractivity contribution is -0.133. The van der Waals surface area contributed by atoms with Crippen LogP contribution in [0, 0.1) is 23.7 Å². The molecule has 1 fully saturated rings. The summed E-state index contributed by atoms with van der Waals surface area (Å²) in [6, 6.07) is 0. The Labute approximate surface area is 149 Å². The fourth-order valence-corrected chi connectivity index (χ4v) is 3.93. The number of carboxylic acid groups (broad SMARTS) is 1. The Morgan fingerprint density at radius 3 is 2.88 bits per heavy atom. The van der Waals surface area contributed by atoms with Crippen LogP contribution in [0.25, 0.3) is 0 Å². The minimum Gasteiger partial charge on any atom is -0.481 e. The van der Waals surface area contributed by atoms with Crippen molar-refractivity contribution in [3.8, 4) is 11.8 Å². The molecule has 24 heavy (non-hydrogen) atoms. The van der Waals surface area contributed by atoms with E-state index in [0.717, 1.165) is 50.7 Å². The molecule has 1 saturated carbocycles. The summed E-state index contributed by atoms with van der Waals surface area (Å²) in [5, 5.41) is 18.5. The number of Topliss-reactive ketones (excluding diaryl/α,β-unsaturated/α-hetero) is 1. The molecule has 136 valence electrons. The van der Waals surface area contributed by atoms with Crippen LogP contribution in [0.4, 0.5) is 0 Å². The van der Waals surface area contributed by atoms with Gasteiger partial charge in [-0.15, -0.1) is 5.92 Å². The summed E-state index contributed by atoms with van der Waals surface area (Å²) < 4.78 is 0. The maximum absolute atomic E-state index is 12.1. The summed E-state index contributed by atoms with van der Waals surface area (Å²) in [6.07, 6.45) is 7.21. The first-order valence-corrected chi connectivity index (χ1v) is 10.2. The van der Waals surface area contributed by atoms with Gasteiger partial charge in [-0.05, 0) is 50.2 Å². The zero-order valence-corrected chi connectivity index (χ0v) is 15.4. The van der Waals surface area contributed by atoms with Crippen molar-refractivity contribution in [2.75, 3.05) is 11.5 Å². The topological polar surface area (TPSA) is 74.6 Å². The van der Waals surface area contributed by atoms with Gasteiger partial charge in [-0.3, -0.25) is 9.59 Å². The second kappa shape index (κ2) is 12.4. The first kappa shape index (κ1) is 21.1. The number of rotatable bonds is 11. The van der Waals surface area contributed by atoms with Gasteiger partial charge in [-0.1, -0.05) is 19.3 Å². The number of ketones is 1. The van der Waals surface area contributed by atoms with Gasteiger partial charge in [0, 0.05) is 18.8 Å². The van der Waals surface area contributed by atoms with E-state index in [4.69, 9.17) is 5.11 Å². The summed E-state index contributed by atoms with van der Waals surface area (Å²) in [5.74, 6) is 6.96. The van der Waals surface area contributed by atoms with Crippen LogP contribution in [0.2, 0.25) is 0 Å². The smallest absolute Gasteiger partial charge is 0.313 e. The molecule has 0 aromatic rings. The fraction of sp³-hybridized carbons (Fsp3) is 0.789. The molecular formula is C19H30O4S. The number of aliphatic carboxylic acids is 1. The number of carbonyl (C=O) groups excluding carboxylic acids is 1. The molecule has 0 radical (unpaired) electrons. The molecule has 1 aliphatic carbocycles. The predicted octanol–water partition coefficient (Wildman–Crippen LogP) is 3.51. The van der Waals surface area contributed by atoms with Gasteiger partial charge >= 0.3 is 5.97 Å². The Morgan fingerprint density at radius 1 is 1.38 bits per heavy atom. The molecule has 0 heterocycles. The predicted molar refractivity (Wildman–Crippen MR) is 98.0 cm³/mol. The van der Waals surface area contributed by atoms with Gasteiger partial charge in [0.05, 0.1) is 5.75 Å². The summed E-state index contributed by atoms with van der Waals surface area (Å²) in [6.45, 7) is 2.07. The third-order valence-corrected chi connectivity index (χ3v) is 5.51. The van der Waals surface area contributed by atoms with Gasteiger partial charge in [0.15, 0.2) is 0 Å². The number of carbonyl (C=O) groups is 2. The minimum atomic E-state index is -0.772. The van der Waals surface area contributed by atoms with E-state index in [1.54, 1.807) is 0 Å². The van der Waals surface area contributed by atoms with E-state index in [1.807, 2.05) is 0 Å². The number of carboxylic acids is 1. The van der Waals surface area contributed by atoms with Crippen LogP contribution in [0.1, 0.15) is 64.7 Å². The lowest BCUT2D eigenvalue weighted by atomic mass is 9.86. The molecular weight excluding hydrogens is 324 g/mol. The van der Waals surface area contributed by atoms with E-state index in [9.17, 15) is 14.7 Å². The Balaban J connectivity index is 2.25. The average Bonchev–Trinajstić information content (AvgIpc) is 2.89. The summed E-state index contributed by atoms with van der Waals surface area (Å²) in [4.78, 5) is 22.5. The maximum Gasteiger partial charge on any atom is 0.313 e. The van der Waals surface area contributed by atoms with Crippen LogP contribution in [-0.4, -0.2) is 39.6 Å². The van der Waals surface area contributed by atoms with Crippen LogP contribution in [0.5, 0.6) is 0 Å². The summed E-state index contributed by atoms with van der Waals surface area (Å²) in [7, 11) is 0. The molecule has 1 aliphatic rings. The number of thioether (sulfide) groups is 1. The quantitative estimate of drug-likeness (QED) is 0.439. The van der Waals surface area contributed by atoms with Crippen molar-refractivity contribution in [1.82, 2.24) is 0 Å². The van der Waals surface area contributed by atoms with E-state index in [1.165, 1.54) is 11.8 Å². The Morgan fingerprint density at radius 2 is 2.17 bits per heavy atom. The Hall–Kier alpha value is -0.990. The second-order valence-corrected chi connectivity index (χ2v) is 7.58. The summed E-state index contributed by atoms with van der Waals surface area (Å²) in [5.41, 5.74) is 0. The van der Waals surface area contributed by atoms with E-state index in [0.29, 0.717) is 24.5 Å². The monoisotopic (exact) mass is 354 g/mol. The molecule has 0 bridgehead atoms. The van der Waals surface area contributed by atoms with Crippen LogP contribution in [0.3, 0.4) is 0 Å². The zero-order chi connectivity index (χ0) is 17.8. The van der Waals surface area contributed by atoms with Crippen LogP contribution in [-0.2, 0) is 9.59 Å². The molecule has 0 spiro atoms. The highest BCUT2D eigenvalue weighted by Gasteiger charge is 2.33. The highest BCUT2D eigenvalue weighted by atomic mass is 32.2. The molecule has 4 nitrogen and oxygen atoms in total. The molecule has 3 atom stereocenters. The molecule has 5 heteroatoms. The van der Waals surface area contributed by atoms with Gasteiger partial charge in [0.2, 0.25) is 0 Å². The van der Waals surface area contributed by atoms with Gasteiger partial charge in [0.25, 0.3) is 0 Å². The molecule has 0 aliphatic heterocycles. The van der Waals surface area contributed by atoms with Gasteiger partial charge < -0.3 is 10.2 Å². The van der Waals surface area contributed by atoms with E-state index >= 15 is 0 Å². The van der Waals surface area contributed by atoms with Crippen LogP contribution < -0.4 is 0 Å². The molecule has 0 aromatic carbocycles. The summed E-state index contributed by atoms with van der Waals surface area (Å²) >= 11 is 1.44. The lowest BCUT2D eigenvalue weighted by Gasteiger charge is -2.18. The van der Waals surface area contributed by atoms with Crippen molar-refractivity contribution < 1.29 is 19.8 Å². The molecule has 1 rings (SSSR count). The maximum atomic E-state index is 12.1. The average molecular weight is 355 g/mol. The number of aliphatic hydroxyl groups is 1. The lowest BCUT2D eigenvalue weighted by Crippen LogP contribution is -2.17. The van der Waals surface area contributed by atoms with Crippen molar-refractivity contribution in [3.05, 3.63) is 0 Å². The fourth-order valence-electron chi connectivity index (χ4n) is 3.21. The first-order chi connectivity index (χ1) is 11.5. The number of hydrogen-bond acceptors (Lipinski definition) is 4. The highest BCUT2D eigenvalue weighted by Crippen LogP contribution is 2.36. The standard InChI is InChI=1S/C19H30O4S/c1-2-3-4-7-16(20)11-9-15-10-12-18(21)17(15)8-5-6-13-24-14-19(22)23/h15-17,20H,2-3,5-6,8-14H2,1H3,(H,22,23)/t15-,16?,17+/m0/s1. The van der Waals surface area contributed by atoms with Crippen molar-refractivity contribution in [1.29, 1.82) is 0 Å². The normalized spacial score (nSPS) is 21.3. The SMILES string of the molecule is CCCC#CC(O)CC[C@H]1CCC(=O)[C@@H]1CCCCSCC(=O)O. The van der Waals surface area contributed by atoms with Gasteiger partial charge in [0.1, 0.15) is 11.9 Å². The van der Waals surface area contributed by atoms with Crippen molar-refractivity contribution in [2.45, 2.75) is 70.8 Å². The van der Waals surface area contributed by atoms with Gasteiger partial charge in [-0.25, -0.2) is 0 Å². The van der Waals surface area contributed by atoms with Gasteiger partial charge in [-0.2, -0.15) is 11.8 Å². The number of hydrogen-bond donors (Lipinski definition) is 2. The van der Waals surface area contributed by atoms with Crippen molar-refractivity contribution >= 4 is 23.5 Å². The largest absolute Gasteiger partial charge is 0.481 e. The minimum absolute atomic E-state index is 0.130. The molecule has 0 saturated heterocycles. The Bertz CT molecular complexity index is 452. The van der Waals surface area contributed by atoms with Crippen LogP contribution >= 0.6 is 11.8 Å². The third-order valence-electron chi connectivity index (χ3n) is 4.48. The molecule has 0 amide bonds. The molecule has 1 unspecified atom stereocenters. The number of unbranched alkanes of at least 4 members (excludes halogenated alkanes) is 2.